The molecule has 0 aliphatic carbocycles. The Morgan fingerprint density at radius 2 is 1.91 bits per heavy atom. The van der Waals surface area contributed by atoms with Crippen LogP contribution >= 0.6 is 8.60 Å². The highest BCUT2D eigenvalue weighted by atomic mass is 31.2. The van der Waals surface area contributed by atoms with E-state index in [1.165, 1.54) is 14.2 Å². The third kappa shape index (κ3) is 5.49. The van der Waals surface area contributed by atoms with Gasteiger partial charge in [0.25, 0.3) is 0 Å². The monoisotopic (exact) mass is 184 g/mol. The summed E-state index contributed by atoms with van der Waals surface area (Å²) >= 11 is 0. The molecule has 68 valence electrons. The van der Waals surface area contributed by atoms with Gasteiger partial charge in [-0.1, -0.05) is 0 Å². The Bertz CT molecular complexity index is 86.9. The molecule has 0 amide bonds. The fourth-order valence-electron chi connectivity index (χ4n) is 0.423. The second kappa shape index (κ2) is 6.91. The molecular weight excluding hydrogens is 171 g/mol. The highest BCUT2D eigenvalue weighted by Gasteiger charge is 2.13. The SMILES string of the molecule is COP(OC)OC(O)CCO. The second-order valence-corrected chi connectivity index (χ2v) is 3.05. The van der Waals surface area contributed by atoms with Crippen LogP contribution in [0.5, 0.6) is 0 Å². The normalized spacial score (nSPS) is 13.9. The molecule has 0 aromatic heterocycles. The molecule has 1 unspecified atom stereocenters. The molecule has 0 saturated carbocycles. The topological polar surface area (TPSA) is 68.2 Å². The first-order chi connectivity index (χ1) is 5.24. The Morgan fingerprint density at radius 1 is 1.36 bits per heavy atom. The number of aliphatic hydroxyl groups is 2. The second-order valence-electron chi connectivity index (χ2n) is 1.66. The minimum atomic E-state index is -1.47. The molecule has 0 spiro atoms. The molecule has 5 nitrogen and oxygen atoms in total. The van der Waals surface area contributed by atoms with E-state index in [1.54, 1.807) is 0 Å². The first-order valence-electron chi connectivity index (χ1n) is 3.08. The van der Waals surface area contributed by atoms with Crippen molar-refractivity contribution in [3.63, 3.8) is 0 Å². The molecule has 0 aliphatic heterocycles. The summed E-state index contributed by atoms with van der Waals surface area (Å²) in [5.74, 6) is 0. The van der Waals surface area contributed by atoms with Crippen LogP contribution in [0.4, 0.5) is 0 Å². The van der Waals surface area contributed by atoms with Gasteiger partial charge in [0.2, 0.25) is 0 Å². The summed E-state index contributed by atoms with van der Waals surface area (Å²) in [6.45, 7) is -0.127. The van der Waals surface area contributed by atoms with E-state index in [0.717, 1.165) is 0 Å². The van der Waals surface area contributed by atoms with Crippen molar-refractivity contribution in [1.82, 2.24) is 0 Å². The van der Waals surface area contributed by atoms with Crippen molar-refractivity contribution in [3.8, 4) is 0 Å². The van der Waals surface area contributed by atoms with Crippen LogP contribution in [0.25, 0.3) is 0 Å². The zero-order valence-corrected chi connectivity index (χ0v) is 7.45. The van der Waals surface area contributed by atoms with Gasteiger partial charge in [-0.25, -0.2) is 0 Å². The third-order valence-electron chi connectivity index (χ3n) is 0.882. The summed E-state index contributed by atoms with van der Waals surface area (Å²) in [7, 11) is 1.37. The molecule has 0 fully saturated rings. The minimum Gasteiger partial charge on any atom is -0.396 e. The Morgan fingerprint density at radius 3 is 2.27 bits per heavy atom. The maximum Gasteiger partial charge on any atom is 0.334 e. The number of hydrogen-bond donors (Lipinski definition) is 2. The van der Waals surface area contributed by atoms with Crippen LogP contribution in [0.1, 0.15) is 6.42 Å². The number of hydrogen-bond acceptors (Lipinski definition) is 5. The van der Waals surface area contributed by atoms with E-state index in [1.807, 2.05) is 0 Å². The van der Waals surface area contributed by atoms with Crippen molar-refractivity contribution in [3.05, 3.63) is 0 Å². The van der Waals surface area contributed by atoms with Gasteiger partial charge in [0, 0.05) is 27.2 Å². The lowest BCUT2D eigenvalue weighted by molar-refractivity contribution is -0.0433. The molecule has 11 heavy (non-hydrogen) atoms. The van der Waals surface area contributed by atoms with Gasteiger partial charge in [0.05, 0.1) is 0 Å². The van der Waals surface area contributed by atoms with Crippen LogP contribution in [-0.2, 0) is 13.6 Å². The lowest BCUT2D eigenvalue weighted by atomic mass is 10.5. The minimum absolute atomic E-state index is 0.127. The van der Waals surface area contributed by atoms with Crippen molar-refractivity contribution >= 4 is 8.60 Å². The zero-order chi connectivity index (χ0) is 8.69. The highest BCUT2D eigenvalue weighted by molar-refractivity contribution is 7.41. The van der Waals surface area contributed by atoms with Crippen LogP contribution in [0.2, 0.25) is 0 Å². The van der Waals surface area contributed by atoms with E-state index in [4.69, 9.17) is 23.8 Å². The summed E-state index contributed by atoms with van der Waals surface area (Å²) in [5, 5.41) is 17.3. The van der Waals surface area contributed by atoms with E-state index in [2.05, 4.69) is 0 Å². The molecule has 0 aromatic carbocycles. The summed E-state index contributed by atoms with van der Waals surface area (Å²) in [6, 6.07) is 0. The van der Waals surface area contributed by atoms with E-state index < -0.39 is 14.9 Å². The molecule has 0 bridgehead atoms. The average molecular weight is 184 g/mol. The molecule has 6 heteroatoms. The molecule has 1 atom stereocenters. The molecule has 0 aromatic rings. The molecule has 0 heterocycles. The van der Waals surface area contributed by atoms with Gasteiger partial charge in [-0.15, -0.1) is 0 Å². The van der Waals surface area contributed by atoms with Crippen LogP contribution in [0, 0.1) is 0 Å². The molecular formula is C5H13O5P. The fourth-order valence-corrected chi connectivity index (χ4v) is 1.05. The Labute approximate surface area is 66.9 Å². The molecule has 0 saturated heterocycles. The summed E-state index contributed by atoms with van der Waals surface area (Å²) in [5.41, 5.74) is 0. The van der Waals surface area contributed by atoms with Gasteiger partial charge in [-0.3, -0.25) is 4.52 Å². The van der Waals surface area contributed by atoms with Crippen molar-refractivity contribution in [2.45, 2.75) is 12.7 Å². The maximum atomic E-state index is 8.96. The van der Waals surface area contributed by atoms with Crippen molar-refractivity contribution < 1.29 is 23.8 Å². The molecule has 0 aliphatic rings. The Balaban J connectivity index is 3.44. The van der Waals surface area contributed by atoms with Gasteiger partial charge in [0.1, 0.15) is 0 Å². The first-order valence-corrected chi connectivity index (χ1v) is 4.18. The van der Waals surface area contributed by atoms with Crippen LogP contribution in [-0.4, -0.2) is 37.3 Å². The van der Waals surface area contributed by atoms with Crippen molar-refractivity contribution in [2.24, 2.45) is 0 Å². The van der Waals surface area contributed by atoms with Gasteiger partial charge < -0.3 is 19.3 Å². The van der Waals surface area contributed by atoms with Gasteiger partial charge >= 0.3 is 8.60 Å². The highest BCUT2D eigenvalue weighted by Crippen LogP contribution is 2.38. The molecule has 0 rings (SSSR count). The van der Waals surface area contributed by atoms with Crippen molar-refractivity contribution in [1.29, 1.82) is 0 Å². The average Bonchev–Trinajstić information content (AvgIpc) is 2.01. The lowest BCUT2D eigenvalue weighted by Crippen LogP contribution is -2.11. The predicted molar refractivity (Wildman–Crippen MR) is 39.7 cm³/mol. The Kier molecular flexibility index (Phi) is 7.06. The van der Waals surface area contributed by atoms with E-state index in [9.17, 15) is 0 Å². The van der Waals surface area contributed by atoms with Crippen LogP contribution < -0.4 is 0 Å². The van der Waals surface area contributed by atoms with E-state index in [0.29, 0.717) is 0 Å². The van der Waals surface area contributed by atoms with E-state index in [-0.39, 0.29) is 13.0 Å². The third-order valence-corrected chi connectivity index (χ3v) is 1.89. The fraction of sp³-hybridized carbons (Fsp3) is 1.00. The predicted octanol–water partition coefficient (Wildman–Crippen LogP) is 0.223. The summed E-state index contributed by atoms with van der Waals surface area (Å²) in [6.07, 6.45) is -0.864. The van der Waals surface area contributed by atoms with Gasteiger partial charge in [-0.2, -0.15) is 0 Å². The first kappa shape index (κ1) is 11.2. The maximum absolute atomic E-state index is 8.96. The zero-order valence-electron chi connectivity index (χ0n) is 6.56. The Hall–Kier alpha value is 0.230. The lowest BCUT2D eigenvalue weighted by Gasteiger charge is -2.15. The smallest absolute Gasteiger partial charge is 0.334 e. The van der Waals surface area contributed by atoms with E-state index >= 15 is 0 Å². The molecule has 2 N–H and O–H groups in total. The largest absolute Gasteiger partial charge is 0.396 e. The van der Waals surface area contributed by atoms with Crippen LogP contribution in [0.3, 0.4) is 0 Å². The standard InChI is InChI=1S/C5H13O5P/c1-8-11(9-2)10-5(7)3-4-6/h5-7H,3-4H2,1-2H3. The van der Waals surface area contributed by atoms with Gasteiger partial charge in [0.15, 0.2) is 6.29 Å². The van der Waals surface area contributed by atoms with Gasteiger partial charge in [-0.05, 0) is 0 Å². The van der Waals surface area contributed by atoms with Crippen LogP contribution in [0.15, 0.2) is 0 Å². The quantitative estimate of drug-likeness (QED) is 0.456. The molecule has 0 radical (unpaired) electrons. The summed E-state index contributed by atoms with van der Waals surface area (Å²) < 4.78 is 14.2. The number of rotatable bonds is 6. The number of aliphatic hydroxyl groups excluding tert-OH is 2. The van der Waals surface area contributed by atoms with Crippen molar-refractivity contribution in [2.75, 3.05) is 20.8 Å². The summed E-state index contributed by atoms with van der Waals surface area (Å²) in [4.78, 5) is 0.